The largest absolute Gasteiger partial charge is 0.481 e. The van der Waals surface area contributed by atoms with Crippen molar-refractivity contribution in [3.63, 3.8) is 0 Å². The maximum Gasteiger partial charge on any atom is 0.326 e. The lowest BCUT2D eigenvalue weighted by molar-refractivity contribution is -0.147. The van der Waals surface area contributed by atoms with E-state index in [1.54, 1.807) is 0 Å². The van der Waals surface area contributed by atoms with E-state index < -0.39 is 173 Å². The summed E-state index contributed by atoms with van der Waals surface area (Å²) in [6, 6.07) is -10.4. The number of carbonyl (C=O) groups excluding carboxylic acids is 10. The average Bonchev–Trinajstić information content (AvgIpc) is 3.15. The molecule has 320 valence electrons. The maximum atomic E-state index is 12.7. The Morgan fingerprint density at radius 3 is 1.07 bits per heavy atom. The zero-order valence-electron chi connectivity index (χ0n) is 29.8. The third kappa shape index (κ3) is 20.1. The number of aliphatic carboxylic acids is 2. The number of hydrogen-bond acceptors (Lipinski definition) is 17. The Morgan fingerprint density at radius 2 is 0.737 bits per heavy atom. The van der Waals surface area contributed by atoms with Crippen LogP contribution < -0.4 is 59.3 Å². The fourth-order valence-electron chi connectivity index (χ4n) is 3.97. The first-order chi connectivity index (χ1) is 26.7. The number of hydrogen-bond donors (Lipinski definition) is 17. The minimum Gasteiger partial charge on any atom is -0.481 e. The van der Waals surface area contributed by atoms with Gasteiger partial charge in [0.2, 0.25) is 59.1 Å². The molecule has 29 heteroatoms. The van der Waals surface area contributed by atoms with E-state index in [1.807, 2.05) is 42.5 Å². The van der Waals surface area contributed by atoms with Gasteiger partial charge in [0.25, 0.3) is 0 Å². The maximum absolute atomic E-state index is 12.7. The first kappa shape index (κ1) is 50.4. The monoisotopic (exact) mass is 823 g/mol. The van der Waals surface area contributed by atoms with Gasteiger partial charge in [-0.05, 0) is 0 Å². The van der Waals surface area contributed by atoms with Crippen LogP contribution in [-0.2, 0) is 57.5 Å². The van der Waals surface area contributed by atoms with E-state index in [-0.39, 0.29) is 0 Å². The van der Waals surface area contributed by atoms with Gasteiger partial charge >= 0.3 is 11.9 Å². The molecule has 19 N–H and O–H groups in total. The number of carboxylic acid groups (broad SMARTS) is 2. The van der Waals surface area contributed by atoms with Crippen LogP contribution in [0.2, 0.25) is 0 Å². The second kappa shape index (κ2) is 26.3. The van der Waals surface area contributed by atoms with Gasteiger partial charge in [-0.3, -0.25) is 52.7 Å². The molecule has 0 bridgehead atoms. The molecular weight excluding hydrogens is 778 g/mol. The molecule has 0 radical (unpaired) electrons. The Hall–Kier alpha value is -6.56. The van der Waals surface area contributed by atoms with Gasteiger partial charge in [0.1, 0.15) is 36.3 Å². The van der Waals surface area contributed by atoms with Crippen molar-refractivity contribution < 1.29 is 88.2 Å². The van der Waals surface area contributed by atoms with Gasteiger partial charge in [-0.1, -0.05) is 0 Å². The Balaban J connectivity index is 5.15. The van der Waals surface area contributed by atoms with Gasteiger partial charge in [-0.2, -0.15) is 0 Å². The summed E-state index contributed by atoms with van der Waals surface area (Å²) < 4.78 is 0. The molecule has 29 nitrogen and oxygen atoms in total. The van der Waals surface area contributed by atoms with Gasteiger partial charge in [0.05, 0.1) is 65.4 Å². The Morgan fingerprint density at radius 1 is 0.421 bits per heavy atom. The molecule has 0 aromatic carbocycles. The van der Waals surface area contributed by atoms with Crippen molar-refractivity contribution in [2.24, 2.45) is 11.5 Å². The zero-order valence-corrected chi connectivity index (χ0v) is 29.8. The number of aliphatic hydroxyl groups is 4. The number of nitrogens with two attached hydrogens (primary N) is 2. The van der Waals surface area contributed by atoms with Gasteiger partial charge in [0.15, 0.2) is 0 Å². The number of rotatable bonds is 27. The number of nitrogens with one attached hydrogen (secondary N) is 9. The van der Waals surface area contributed by atoms with Crippen LogP contribution in [0.1, 0.15) is 12.8 Å². The smallest absolute Gasteiger partial charge is 0.326 e. The first-order valence-electron chi connectivity index (χ1n) is 16.2. The molecule has 0 fully saturated rings. The highest BCUT2D eigenvalue weighted by Crippen LogP contribution is 1.97. The lowest BCUT2D eigenvalue weighted by atomic mass is 10.1. The lowest BCUT2D eigenvalue weighted by Crippen LogP contribution is -2.58. The molecule has 0 rings (SSSR count). The van der Waals surface area contributed by atoms with Crippen LogP contribution in [0.4, 0.5) is 0 Å². The molecule has 10 amide bonds. The van der Waals surface area contributed by atoms with E-state index in [0.717, 1.165) is 0 Å². The Bertz CT molecular complexity index is 1510. The van der Waals surface area contributed by atoms with Crippen molar-refractivity contribution in [1.82, 2.24) is 47.9 Å². The number of carbonyl (C=O) groups is 12. The van der Waals surface area contributed by atoms with Gasteiger partial charge in [0, 0.05) is 0 Å². The predicted octanol–water partition coefficient (Wildman–Crippen LogP) is -12.4. The summed E-state index contributed by atoms with van der Waals surface area (Å²) in [6.07, 6.45) is -1.88. The van der Waals surface area contributed by atoms with Crippen LogP contribution in [0.5, 0.6) is 0 Å². The molecular formula is C28H45N11O18. The molecule has 0 aliphatic rings. The van der Waals surface area contributed by atoms with E-state index in [1.165, 1.54) is 0 Å². The van der Waals surface area contributed by atoms with Crippen molar-refractivity contribution >= 4 is 71.0 Å². The zero-order chi connectivity index (χ0) is 43.8. The summed E-state index contributed by atoms with van der Waals surface area (Å²) >= 11 is 0. The molecule has 6 atom stereocenters. The van der Waals surface area contributed by atoms with E-state index in [9.17, 15) is 78.0 Å². The summed E-state index contributed by atoms with van der Waals surface area (Å²) in [5, 5.41) is 73.6. The molecule has 0 heterocycles. The van der Waals surface area contributed by atoms with Gasteiger partial charge in [-0.15, -0.1) is 0 Å². The van der Waals surface area contributed by atoms with E-state index in [4.69, 9.17) is 21.7 Å². The standard InChI is InChI=1S/C28H45N11O18/c29-3-18(45)35-15(9-42)27(55)39-14(8-41)25(53)33-5-20(47)36-13(7-40)24(52)32-6-21(48)37-16(10-43)26(54)38-11(1-17(30)44)23(51)31-4-19(46)34-12(28(56)57)2-22(49)50/h11-16,40-43H,1-10,29H2,(H2,30,44)(H,31,51)(H,32,52)(H,33,53)(H,34,46)(H,35,45)(H,36,47)(H,37,48)(H,38,54)(H,39,55)(H,49,50)(H,56,57)/t11-,12-,13-,14-,15-,16-/m0/s1. The van der Waals surface area contributed by atoms with Crippen LogP contribution >= 0.6 is 0 Å². The van der Waals surface area contributed by atoms with Crippen molar-refractivity contribution in [3.05, 3.63) is 0 Å². The first-order valence-corrected chi connectivity index (χ1v) is 16.2. The van der Waals surface area contributed by atoms with Crippen molar-refractivity contribution in [3.8, 4) is 0 Å². The molecule has 0 aliphatic carbocycles. The SMILES string of the molecule is NCC(=O)N[C@@H](CO)C(=O)N[C@@H](CO)C(=O)NCC(=O)N[C@@H](CO)C(=O)NCC(=O)N[C@@H](CO)C(=O)N[C@@H](CC(N)=O)C(=O)NCC(=O)N[C@@H](CC(=O)O)C(=O)O. The summed E-state index contributed by atoms with van der Waals surface area (Å²) in [5.74, 6) is -14.5. The minimum absolute atomic E-state index is 0.522. The second-order valence-electron chi connectivity index (χ2n) is 11.3. The quantitative estimate of drug-likeness (QED) is 0.0366. The number of amides is 10. The molecule has 0 unspecified atom stereocenters. The van der Waals surface area contributed by atoms with Crippen molar-refractivity contribution in [1.29, 1.82) is 0 Å². The predicted molar refractivity (Wildman–Crippen MR) is 182 cm³/mol. The molecule has 0 saturated carbocycles. The second-order valence-corrected chi connectivity index (χ2v) is 11.3. The summed E-state index contributed by atoms with van der Waals surface area (Å²) in [5.41, 5.74) is 10.2. The average molecular weight is 824 g/mol. The van der Waals surface area contributed by atoms with Crippen LogP contribution in [0.25, 0.3) is 0 Å². The topological polar surface area (TPSA) is 487 Å². The van der Waals surface area contributed by atoms with Crippen LogP contribution in [0.3, 0.4) is 0 Å². The number of aliphatic hydroxyl groups excluding tert-OH is 4. The van der Waals surface area contributed by atoms with Crippen molar-refractivity contribution in [2.45, 2.75) is 49.1 Å². The molecule has 0 spiro atoms. The highest BCUT2D eigenvalue weighted by Gasteiger charge is 2.30. The van der Waals surface area contributed by atoms with Crippen LogP contribution in [0.15, 0.2) is 0 Å². The molecule has 57 heavy (non-hydrogen) atoms. The van der Waals surface area contributed by atoms with Crippen LogP contribution in [0, 0.1) is 0 Å². The fraction of sp³-hybridized carbons (Fsp3) is 0.571. The third-order valence-electron chi connectivity index (χ3n) is 6.82. The van der Waals surface area contributed by atoms with Gasteiger partial charge < -0.3 is 90.0 Å². The van der Waals surface area contributed by atoms with Crippen LogP contribution in [-0.4, -0.2) is 191 Å². The minimum atomic E-state index is -1.86. The molecule has 0 saturated heterocycles. The molecule has 0 aliphatic heterocycles. The Labute approximate surface area is 320 Å². The molecule has 0 aromatic heterocycles. The summed E-state index contributed by atoms with van der Waals surface area (Å²) in [4.78, 5) is 144. The number of carboxylic acids is 2. The summed E-state index contributed by atoms with van der Waals surface area (Å²) in [7, 11) is 0. The highest BCUT2D eigenvalue weighted by atomic mass is 16.4. The highest BCUT2D eigenvalue weighted by molar-refractivity contribution is 5.98. The Kier molecular flexibility index (Phi) is 23.3. The third-order valence-corrected chi connectivity index (χ3v) is 6.82. The lowest BCUT2D eigenvalue weighted by Gasteiger charge is -2.22. The number of primary amides is 1. The summed E-state index contributed by atoms with van der Waals surface area (Å²) in [6.45, 7) is -7.35. The normalized spacial score (nSPS) is 13.6. The van der Waals surface area contributed by atoms with Crippen molar-refractivity contribution in [2.75, 3.05) is 52.6 Å². The molecule has 0 aromatic rings. The van der Waals surface area contributed by atoms with Gasteiger partial charge in [-0.25, -0.2) is 4.79 Å². The van der Waals surface area contributed by atoms with E-state index in [2.05, 4.69) is 5.32 Å². The van der Waals surface area contributed by atoms with E-state index in [0.29, 0.717) is 0 Å². The fourth-order valence-corrected chi connectivity index (χ4v) is 3.97. The van der Waals surface area contributed by atoms with E-state index >= 15 is 0 Å².